The predicted octanol–water partition coefficient (Wildman–Crippen LogP) is 3.74. The molecule has 2 aromatic carbocycles. The first-order valence-electron chi connectivity index (χ1n) is 16.0. The molecule has 2 aliphatic heterocycles. The third-order valence-electron chi connectivity index (χ3n) is 10.3. The van der Waals surface area contributed by atoms with Crippen LogP contribution in [0.25, 0.3) is 11.0 Å². The highest BCUT2D eigenvalue weighted by Crippen LogP contribution is 2.48. The Kier molecular flexibility index (Phi) is 8.05. The van der Waals surface area contributed by atoms with Crippen molar-refractivity contribution in [1.82, 2.24) is 35.3 Å². The van der Waals surface area contributed by atoms with E-state index in [-0.39, 0.29) is 29.9 Å². The molecule has 4 atom stereocenters. The van der Waals surface area contributed by atoms with Gasteiger partial charge in [-0.2, -0.15) is 5.10 Å². The summed E-state index contributed by atoms with van der Waals surface area (Å²) in [5, 5.41) is 10.8. The summed E-state index contributed by atoms with van der Waals surface area (Å²) in [6.07, 6.45) is 4.20. The Hall–Kier alpha value is -4.26. The summed E-state index contributed by atoms with van der Waals surface area (Å²) in [5.74, 6) is -0.129. The molecule has 4 aromatic rings. The normalized spacial score (nSPS) is 22.9. The first kappa shape index (κ1) is 31.3. The van der Waals surface area contributed by atoms with Crippen LogP contribution in [0.4, 0.5) is 0 Å². The van der Waals surface area contributed by atoms with Crippen LogP contribution in [0, 0.1) is 0 Å². The number of carbonyl (C=O) groups is 3. The first-order chi connectivity index (χ1) is 22.7. The predicted molar refractivity (Wildman–Crippen MR) is 174 cm³/mol. The van der Waals surface area contributed by atoms with Gasteiger partial charge < -0.3 is 30.0 Å². The van der Waals surface area contributed by atoms with Gasteiger partial charge in [-0.15, -0.1) is 0 Å². The van der Waals surface area contributed by atoms with E-state index < -0.39 is 23.6 Å². The Morgan fingerprint density at radius 3 is 2.64 bits per heavy atom. The highest BCUT2D eigenvalue weighted by atomic mass is 35.5. The van der Waals surface area contributed by atoms with Gasteiger partial charge in [0.15, 0.2) is 0 Å². The lowest BCUT2D eigenvalue weighted by Gasteiger charge is -2.62. The number of rotatable bonds is 10. The van der Waals surface area contributed by atoms with Gasteiger partial charge in [-0.05, 0) is 62.4 Å². The lowest BCUT2D eigenvalue weighted by atomic mass is 9.63. The van der Waals surface area contributed by atoms with E-state index in [1.807, 2.05) is 48.2 Å². The average Bonchev–Trinajstić information content (AvgIpc) is 3.81. The molecule has 47 heavy (non-hydrogen) atoms. The van der Waals surface area contributed by atoms with Crippen molar-refractivity contribution in [3.63, 3.8) is 0 Å². The maximum Gasteiger partial charge on any atom is 0.270 e. The zero-order chi connectivity index (χ0) is 32.9. The van der Waals surface area contributed by atoms with Gasteiger partial charge in [-0.1, -0.05) is 35.9 Å². The fourth-order valence-corrected chi connectivity index (χ4v) is 7.80. The second-order valence-corrected chi connectivity index (χ2v) is 13.1. The zero-order valence-corrected chi connectivity index (χ0v) is 27.3. The summed E-state index contributed by atoms with van der Waals surface area (Å²) < 4.78 is 13.3. The maximum atomic E-state index is 14.1. The highest BCUT2D eigenvalue weighted by Gasteiger charge is 2.63. The van der Waals surface area contributed by atoms with E-state index >= 15 is 0 Å². The third kappa shape index (κ3) is 5.01. The quantitative estimate of drug-likeness (QED) is 0.220. The number of hydrogen-bond donors (Lipinski definition) is 3. The van der Waals surface area contributed by atoms with Crippen molar-refractivity contribution in [2.75, 3.05) is 26.9 Å². The van der Waals surface area contributed by atoms with Gasteiger partial charge in [0.2, 0.25) is 11.8 Å². The SMILES string of the molecule is CCN1C(=O)[C@H](NC(=O)C2(c3ccc4nc(C(NC(=O)c5ccnn5C)C(OC)c5ccccc5Cl)[nH]c4c3)CCOC2)C12CCC2. The number of likely N-dealkylation sites (N-methyl/N-ethyl adjacent to an activating group) is 1. The van der Waals surface area contributed by atoms with Crippen LogP contribution in [0.3, 0.4) is 0 Å². The number of benzene rings is 2. The van der Waals surface area contributed by atoms with Crippen molar-refractivity contribution in [1.29, 1.82) is 0 Å². The number of fused-ring (bicyclic) bond motifs is 1. The molecule has 0 radical (unpaired) electrons. The molecule has 246 valence electrons. The largest absolute Gasteiger partial charge is 0.380 e. The summed E-state index contributed by atoms with van der Waals surface area (Å²) in [5.41, 5.74) is 1.92. The molecule has 0 bridgehead atoms. The molecule has 3 unspecified atom stereocenters. The number of β-lactam (4-membered cyclic amide) rings is 1. The van der Waals surface area contributed by atoms with E-state index in [4.69, 9.17) is 26.1 Å². The number of amides is 3. The van der Waals surface area contributed by atoms with E-state index in [2.05, 4.69) is 20.7 Å². The van der Waals surface area contributed by atoms with Crippen LogP contribution in [0.2, 0.25) is 5.02 Å². The average molecular weight is 660 g/mol. The smallest absolute Gasteiger partial charge is 0.270 e. The molecule has 1 spiro atoms. The molecule has 3 N–H and O–H groups in total. The monoisotopic (exact) mass is 659 g/mol. The van der Waals surface area contributed by atoms with Crippen LogP contribution < -0.4 is 10.6 Å². The van der Waals surface area contributed by atoms with Gasteiger partial charge in [-0.3, -0.25) is 19.1 Å². The number of hydrogen-bond acceptors (Lipinski definition) is 7. The van der Waals surface area contributed by atoms with Crippen molar-refractivity contribution in [3.8, 4) is 0 Å². The molecule has 13 heteroatoms. The number of aromatic amines is 1. The minimum atomic E-state index is -0.961. The number of ether oxygens (including phenoxy) is 2. The van der Waals surface area contributed by atoms with Crippen LogP contribution >= 0.6 is 11.6 Å². The number of imidazole rings is 1. The van der Waals surface area contributed by atoms with Crippen LogP contribution in [-0.2, 0) is 31.5 Å². The minimum Gasteiger partial charge on any atom is -0.380 e. The summed E-state index contributed by atoms with van der Waals surface area (Å²) in [7, 11) is 3.25. The molecule has 1 saturated carbocycles. The summed E-state index contributed by atoms with van der Waals surface area (Å²) in [4.78, 5) is 50.8. The lowest BCUT2D eigenvalue weighted by molar-refractivity contribution is -0.176. The molecule has 1 aliphatic carbocycles. The Labute approximate surface area is 277 Å². The van der Waals surface area contributed by atoms with E-state index in [0.29, 0.717) is 52.7 Å². The van der Waals surface area contributed by atoms with E-state index in [1.165, 1.54) is 4.68 Å². The number of aromatic nitrogens is 4. The van der Waals surface area contributed by atoms with E-state index in [9.17, 15) is 14.4 Å². The van der Waals surface area contributed by atoms with E-state index in [0.717, 1.165) is 24.8 Å². The number of nitrogens with one attached hydrogen (secondary N) is 3. The lowest BCUT2D eigenvalue weighted by Crippen LogP contribution is -2.81. The molecule has 3 amide bonds. The standard InChI is InChI=1S/C34H38ClN7O5/c1-4-42-31(44)28(34(42)13-7-14-34)40-32(45)33(15-17-47-19-33)20-10-11-23-24(18-20)38-29(37-23)26(39-30(43)25-12-16-36-41(25)2)27(46-3)21-8-5-6-9-22(21)35/h5-6,8-12,16,18,26-28H,4,7,13-15,17,19H2,1-3H3,(H,37,38)(H,39,43)(H,40,45)/t26?,27?,28-,33?/m0/s1. The fraction of sp³-hybridized carbons (Fsp3) is 0.441. The van der Waals surface area contributed by atoms with Gasteiger partial charge in [0, 0.05) is 44.1 Å². The van der Waals surface area contributed by atoms with Crippen LogP contribution in [0.5, 0.6) is 0 Å². The first-order valence-corrected chi connectivity index (χ1v) is 16.4. The van der Waals surface area contributed by atoms with Gasteiger partial charge in [0.1, 0.15) is 29.7 Å². The summed E-state index contributed by atoms with van der Waals surface area (Å²) >= 11 is 6.60. The number of H-pyrrole nitrogens is 1. The maximum absolute atomic E-state index is 14.1. The van der Waals surface area contributed by atoms with Gasteiger partial charge in [0.05, 0.1) is 28.6 Å². The Morgan fingerprint density at radius 1 is 1.19 bits per heavy atom. The van der Waals surface area contributed by atoms with Crippen molar-refractivity contribution in [3.05, 3.63) is 82.4 Å². The van der Waals surface area contributed by atoms with Crippen molar-refractivity contribution in [2.24, 2.45) is 7.05 Å². The second-order valence-electron chi connectivity index (χ2n) is 12.7. The highest BCUT2D eigenvalue weighted by molar-refractivity contribution is 6.31. The fourth-order valence-electron chi connectivity index (χ4n) is 7.55. The van der Waals surface area contributed by atoms with Crippen molar-refractivity contribution >= 4 is 40.4 Å². The second kappa shape index (κ2) is 12.1. The van der Waals surface area contributed by atoms with Gasteiger partial charge in [0.25, 0.3) is 5.91 Å². The van der Waals surface area contributed by atoms with Crippen molar-refractivity contribution in [2.45, 2.75) is 61.7 Å². The van der Waals surface area contributed by atoms with Crippen LogP contribution in [0.15, 0.2) is 54.7 Å². The van der Waals surface area contributed by atoms with Crippen LogP contribution in [-0.4, -0.2) is 80.8 Å². The van der Waals surface area contributed by atoms with E-state index in [1.54, 1.807) is 32.5 Å². The van der Waals surface area contributed by atoms with Gasteiger partial charge in [-0.25, -0.2) is 4.98 Å². The molecule has 4 heterocycles. The molecule has 2 aromatic heterocycles. The van der Waals surface area contributed by atoms with Gasteiger partial charge >= 0.3 is 0 Å². The molecule has 3 aliphatic rings. The van der Waals surface area contributed by atoms with Crippen LogP contribution in [0.1, 0.15) is 72.2 Å². The molecule has 2 saturated heterocycles. The summed E-state index contributed by atoms with van der Waals surface area (Å²) in [6, 6.07) is 13.3. The Balaban J connectivity index is 1.23. The number of halogens is 1. The topological polar surface area (TPSA) is 143 Å². The Morgan fingerprint density at radius 2 is 2.00 bits per heavy atom. The molecular weight excluding hydrogens is 622 g/mol. The third-order valence-corrected chi connectivity index (χ3v) is 10.7. The molecular formula is C34H38ClN7O5. The number of nitrogens with zero attached hydrogens (tertiary/aromatic N) is 4. The Bertz CT molecular complexity index is 1840. The number of likely N-dealkylation sites (tertiary alicyclic amines) is 1. The molecule has 7 rings (SSSR count). The molecule has 12 nitrogen and oxygen atoms in total. The molecule has 3 fully saturated rings. The minimum absolute atomic E-state index is 0.0197. The number of aryl methyl sites for hydroxylation is 1. The zero-order valence-electron chi connectivity index (χ0n) is 26.6. The summed E-state index contributed by atoms with van der Waals surface area (Å²) in [6.45, 7) is 3.26. The number of carbonyl (C=O) groups excluding carboxylic acids is 3. The number of methoxy groups -OCH3 is 1. The van der Waals surface area contributed by atoms with Crippen molar-refractivity contribution < 1.29 is 23.9 Å².